The number of halogens is 1. The molecule has 0 aromatic carbocycles. The van der Waals surface area contributed by atoms with Gasteiger partial charge in [0.2, 0.25) is 0 Å². The van der Waals surface area contributed by atoms with Crippen molar-refractivity contribution in [1.82, 2.24) is 20.4 Å². The lowest BCUT2D eigenvalue weighted by molar-refractivity contribution is 0.642. The van der Waals surface area contributed by atoms with Gasteiger partial charge >= 0.3 is 0 Å². The first-order chi connectivity index (χ1) is 8.77. The topological polar surface area (TPSA) is 54.2 Å². The van der Waals surface area contributed by atoms with Gasteiger partial charge in [-0.15, -0.1) is 24.0 Å². The van der Waals surface area contributed by atoms with Crippen molar-refractivity contribution >= 4 is 29.9 Å². The second kappa shape index (κ2) is 11.1. The highest BCUT2D eigenvalue weighted by Crippen LogP contribution is 1.97. The fourth-order valence-corrected chi connectivity index (χ4v) is 1.73. The normalized spacial score (nSPS) is 11.0. The quantitative estimate of drug-likeness (QED) is 0.331. The minimum absolute atomic E-state index is 0. The number of aryl methyl sites for hydroxylation is 1. The molecule has 0 aliphatic carbocycles. The SMILES string of the molecule is CCCCCCNC(=NC)NCc1ccnn1C.I. The predicted molar refractivity (Wildman–Crippen MR) is 91.0 cm³/mol. The van der Waals surface area contributed by atoms with E-state index in [0.717, 1.165) is 24.7 Å². The van der Waals surface area contributed by atoms with E-state index in [2.05, 4.69) is 27.6 Å². The lowest BCUT2D eigenvalue weighted by Crippen LogP contribution is -2.37. The Morgan fingerprint density at radius 1 is 1.32 bits per heavy atom. The van der Waals surface area contributed by atoms with Crippen LogP contribution < -0.4 is 10.6 Å². The largest absolute Gasteiger partial charge is 0.356 e. The smallest absolute Gasteiger partial charge is 0.191 e. The summed E-state index contributed by atoms with van der Waals surface area (Å²) in [6.07, 6.45) is 6.86. The average molecular weight is 379 g/mol. The van der Waals surface area contributed by atoms with Crippen LogP contribution in [0.3, 0.4) is 0 Å². The van der Waals surface area contributed by atoms with Crippen LogP contribution in [0.1, 0.15) is 38.3 Å². The van der Waals surface area contributed by atoms with E-state index in [1.807, 2.05) is 17.8 Å². The molecule has 1 aromatic rings. The second-order valence-electron chi connectivity index (χ2n) is 4.36. The van der Waals surface area contributed by atoms with Gasteiger partial charge in [0.25, 0.3) is 0 Å². The molecule has 0 fully saturated rings. The van der Waals surface area contributed by atoms with Gasteiger partial charge in [-0.05, 0) is 12.5 Å². The lowest BCUT2D eigenvalue weighted by Gasteiger charge is -2.11. The molecule has 19 heavy (non-hydrogen) atoms. The van der Waals surface area contributed by atoms with Gasteiger partial charge in [-0.25, -0.2) is 0 Å². The average Bonchev–Trinajstić information content (AvgIpc) is 2.78. The molecule has 0 aliphatic heterocycles. The fraction of sp³-hybridized carbons (Fsp3) is 0.692. The number of aliphatic imine (C=N–C) groups is 1. The van der Waals surface area contributed by atoms with Crippen LogP contribution in [0.4, 0.5) is 0 Å². The molecule has 110 valence electrons. The standard InChI is InChI=1S/C13H25N5.HI/c1-4-5-6-7-9-15-13(14-2)16-11-12-8-10-17-18(12)3;/h8,10H,4-7,9,11H2,1-3H3,(H2,14,15,16);1H. The summed E-state index contributed by atoms with van der Waals surface area (Å²) in [6.45, 7) is 3.94. The van der Waals surface area contributed by atoms with Crippen molar-refractivity contribution in [2.24, 2.45) is 12.0 Å². The van der Waals surface area contributed by atoms with E-state index in [-0.39, 0.29) is 24.0 Å². The highest BCUT2D eigenvalue weighted by Gasteiger charge is 2.00. The van der Waals surface area contributed by atoms with Gasteiger partial charge in [-0.3, -0.25) is 9.67 Å². The molecule has 0 radical (unpaired) electrons. The van der Waals surface area contributed by atoms with Gasteiger partial charge < -0.3 is 10.6 Å². The number of nitrogens with one attached hydrogen (secondary N) is 2. The number of hydrogen-bond donors (Lipinski definition) is 2. The van der Waals surface area contributed by atoms with Crippen molar-refractivity contribution in [1.29, 1.82) is 0 Å². The van der Waals surface area contributed by atoms with E-state index < -0.39 is 0 Å². The molecule has 0 saturated carbocycles. The van der Waals surface area contributed by atoms with Crippen LogP contribution in [0.15, 0.2) is 17.3 Å². The maximum atomic E-state index is 4.20. The first kappa shape index (κ1) is 18.2. The van der Waals surface area contributed by atoms with Gasteiger partial charge in [0.1, 0.15) is 0 Å². The van der Waals surface area contributed by atoms with Crippen LogP contribution in [0, 0.1) is 0 Å². The Hall–Kier alpha value is -0.790. The Labute approximate surface area is 133 Å². The van der Waals surface area contributed by atoms with Gasteiger partial charge in [0.15, 0.2) is 5.96 Å². The van der Waals surface area contributed by atoms with Crippen LogP contribution in [0.2, 0.25) is 0 Å². The van der Waals surface area contributed by atoms with Gasteiger partial charge in [0, 0.05) is 26.8 Å². The maximum absolute atomic E-state index is 4.20. The van der Waals surface area contributed by atoms with Crippen molar-refractivity contribution in [2.75, 3.05) is 13.6 Å². The first-order valence-corrected chi connectivity index (χ1v) is 6.69. The number of nitrogens with zero attached hydrogens (tertiary/aromatic N) is 3. The molecule has 0 saturated heterocycles. The van der Waals surface area contributed by atoms with E-state index in [0.29, 0.717) is 0 Å². The van der Waals surface area contributed by atoms with Crippen LogP contribution in [0.25, 0.3) is 0 Å². The van der Waals surface area contributed by atoms with E-state index >= 15 is 0 Å². The fourth-order valence-electron chi connectivity index (χ4n) is 1.73. The second-order valence-corrected chi connectivity index (χ2v) is 4.36. The van der Waals surface area contributed by atoms with E-state index in [9.17, 15) is 0 Å². The molecular formula is C13H26IN5. The summed E-state index contributed by atoms with van der Waals surface area (Å²) in [5, 5.41) is 10.7. The van der Waals surface area contributed by atoms with Crippen molar-refractivity contribution in [3.63, 3.8) is 0 Å². The Bertz CT molecular complexity index is 362. The molecule has 0 spiro atoms. The van der Waals surface area contributed by atoms with Crippen molar-refractivity contribution in [3.05, 3.63) is 18.0 Å². The van der Waals surface area contributed by atoms with E-state index in [1.165, 1.54) is 25.7 Å². The Balaban J connectivity index is 0.00000324. The van der Waals surface area contributed by atoms with Gasteiger partial charge in [-0.2, -0.15) is 5.10 Å². The Morgan fingerprint density at radius 3 is 2.68 bits per heavy atom. The first-order valence-electron chi connectivity index (χ1n) is 6.69. The van der Waals surface area contributed by atoms with E-state index in [1.54, 1.807) is 13.2 Å². The van der Waals surface area contributed by atoms with Crippen molar-refractivity contribution in [3.8, 4) is 0 Å². The summed E-state index contributed by atoms with van der Waals surface area (Å²) < 4.78 is 1.86. The maximum Gasteiger partial charge on any atom is 0.191 e. The summed E-state index contributed by atoms with van der Waals surface area (Å²) in [6, 6.07) is 2.00. The minimum atomic E-state index is 0. The zero-order chi connectivity index (χ0) is 13.2. The Morgan fingerprint density at radius 2 is 2.11 bits per heavy atom. The molecule has 0 bridgehead atoms. The molecule has 5 nitrogen and oxygen atoms in total. The lowest BCUT2D eigenvalue weighted by atomic mass is 10.2. The molecule has 0 aliphatic rings. The van der Waals surface area contributed by atoms with Crippen molar-refractivity contribution in [2.45, 2.75) is 39.2 Å². The molecule has 1 aromatic heterocycles. The summed E-state index contributed by atoms with van der Waals surface area (Å²) in [7, 11) is 3.74. The number of rotatable bonds is 7. The molecule has 1 rings (SSSR count). The molecule has 2 N–H and O–H groups in total. The van der Waals surface area contributed by atoms with Crippen LogP contribution in [0.5, 0.6) is 0 Å². The highest BCUT2D eigenvalue weighted by atomic mass is 127. The number of aromatic nitrogens is 2. The number of unbranched alkanes of at least 4 members (excludes halogenated alkanes) is 3. The van der Waals surface area contributed by atoms with Gasteiger partial charge in [0.05, 0.1) is 12.2 Å². The molecular weight excluding hydrogens is 353 g/mol. The monoisotopic (exact) mass is 379 g/mol. The summed E-state index contributed by atoms with van der Waals surface area (Å²) in [5.41, 5.74) is 1.14. The van der Waals surface area contributed by atoms with Gasteiger partial charge in [-0.1, -0.05) is 26.2 Å². The molecule has 6 heteroatoms. The van der Waals surface area contributed by atoms with Crippen LogP contribution in [-0.4, -0.2) is 29.3 Å². The van der Waals surface area contributed by atoms with Crippen LogP contribution >= 0.6 is 24.0 Å². The third-order valence-corrected chi connectivity index (χ3v) is 2.91. The third-order valence-electron chi connectivity index (χ3n) is 2.91. The summed E-state index contributed by atoms with van der Waals surface area (Å²) in [5.74, 6) is 0.854. The summed E-state index contributed by atoms with van der Waals surface area (Å²) >= 11 is 0. The highest BCUT2D eigenvalue weighted by molar-refractivity contribution is 14.0. The number of hydrogen-bond acceptors (Lipinski definition) is 2. The molecule has 0 amide bonds. The van der Waals surface area contributed by atoms with Crippen molar-refractivity contribution < 1.29 is 0 Å². The number of guanidine groups is 1. The molecule has 1 heterocycles. The minimum Gasteiger partial charge on any atom is -0.356 e. The predicted octanol–water partition coefficient (Wildman–Crippen LogP) is 2.28. The third kappa shape index (κ3) is 7.39. The Kier molecular flexibility index (Phi) is 10.6. The zero-order valence-corrected chi connectivity index (χ0v) is 14.5. The van der Waals surface area contributed by atoms with Crippen LogP contribution in [-0.2, 0) is 13.6 Å². The van der Waals surface area contributed by atoms with E-state index in [4.69, 9.17) is 0 Å². The zero-order valence-electron chi connectivity index (χ0n) is 12.1. The molecule has 0 atom stereocenters. The summed E-state index contributed by atoms with van der Waals surface area (Å²) in [4.78, 5) is 4.20. The molecule has 0 unspecified atom stereocenters.